The van der Waals surface area contributed by atoms with Gasteiger partial charge >= 0.3 is 0 Å². The molecular weight excluding hydrogens is 208 g/mol. The molecule has 0 heterocycles. The molecule has 0 saturated carbocycles. The van der Waals surface area contributed by atoms with Gasteiger partial charge in [0, 0.05) is 40.6 Å². The highest BCUT2D eigenvalue weighted by Crippen LogP contribution is 2.04. The smallest absolute Gasteiger partial charge is 0.0805 e. The van der Waals surface area contributed by atoms with Gasteiger partial charge in [0.25, 0.3) is 0 Å². The van der Waals surface area contributed by atoms with Crippen molar-refractivity contribution in [3.05, 3.63) is 0 Å². The second-order valence-electron chi connectivity index (χ2n) is 3.84. The summed E-state index contributed by atoms with van der Waals surface area (Å²) in [4.78, 5) is 0. The lowest BCUT2D eigenvalue weighted by Crippen LogP contribution is -2.27. The summed E-state index contributed by atoms with van der Waals surface area (Å²) >= 11 is 0. The fourth-order valence-corrected chi connectivity index (χ4v) is 1.22. The van der Waals surface area contributed by atoms with Crippen LogP contribution in [0.2, 0.25) is 0 Å². The molecule has 0 aliphatic rings. The largest absolute Gasteiger partial charge is 0.385 e. The van der Waals surface area contributed by atoms with Crippen LogP contribution in [-0.2, 0) is 18.9 Å². The first-order chi connectivity index (χ1) is 7.72. The molecule has 2 unspecified atom stereocenters. The quantitative estimate of drug-likeness (QED) is 0.511. The van der Waals surface area contributed by atoms with Gasteiger partial charge in [-0.3, -0.25) is 0 Å². The van der Waals surface area contributed by atoms with Crippen molar-refractivity contribution in [3.8, 4) is 0 Å². The molecule has 0 spiro atoms. The lowest BCUT2D eigenvalue weighted by atomic mass is 10.2. The molecular formula is C12H26O4. The van der Waals surface area contributed by atoms with E-state index in [9.17, 15) is 0 Å². The van der Waals surface area contributed by atoms with Crippen LogP contribution in [-0.4, -0.2) is 52.9 Å². The van der Waals surface area contributed by atoms with Crippen molar-refractivity contribution in [2.45, 2.75) is 38.9 Å². The van der Waals surface area contributed by atoms with E-state index < -0.39 is 0 Å². The monoisotopic (exact) mass is 234 g/mol. The topological polar surface area (TPSA) is 36.9 Å². The highest BCUT2D eigenvalue weighted by Gasteiger charge is 2.12. The van der Waals surface area contributed by atoms with Gasteiger partial charge < -0.3 is 18.9 Å². The van der Waals surface area contributed by atoms with Crippen molar-refractivity contribution >= 4 is 0 Å². The molecule has 0 rings (SSSR count). The molecule has 0 radical (unpaired) electrons. The molecule has 0 aliphatic carbocycles. The number of hydrogen-bond acceptors (Lipinski definition) is 4. The summed E-state index contributed by atoms with van der Waals surface area (Å²) in [5.41, 5.74) is 0. The standard InChI is InChI=1S/C12H26O4/c1-11(15-9-5-7-13-3)12(2)16-10-6-8-14-4/h11-12H,5-10H2,1-4H3. The first kappa shape index (κ1) is 15.8. The summed E-state index contributed by atoms with van der Waals surface area (Å²) in [5, 5.41) is 0. The van der Waals surface area contributed by atoms with E-state index in [2.05, 4.69) is 0 Å². The minimum atomic E-state index is 0.124. The van der Waals surface area contributed by atoms with Gasteiger partial charge in [-0.05, 0) is 26.7 Å². The SMILES string of the molecule is COCCCOC(C)C(C)OCCCOC. The van der Waals surface area contributed by atoms with Gasteiger partial charge in [0.15, 0.2) is 0 Å². The average Bonchev–Trinajstić information content (AvgIpc) is 2.29. The second-order valence-corrected chi connectivity index (χ2v) is 3.84. The molecule has 4 nitrogen and oxygen atoms in total. The molecule has 0 bridgehead atoms. The van der Waals surface area contributed by atoms with E-state index in [0.717, 1.165) is 39.3 Å². The third-order valence-corrected chi connectivity index (χ3v) is 2.41. The van der Waals surface area contributed by atoms with E-state index in [-0.39, 0.29) is 12.2 Å². The minimum Gasteiger partial charge on any atom is -0.385 e. The molecule has 4 heteroatoms. The summed E-state index contributed by atoms with van der Waals surface area (Å²) in [5.74, 6) is 0. The van der Waals surface area contributed by atoms with Crippen LogP contribution >= 0.6 is 0 Å². The van der Waals surface area contributed by atoms with Gasteiger partial charge in [0.05, 0.1) is 12.2 Å². The van der Waals surface area contributed by atoms with Crippen molar-refractivity contribution in [2.24, 2.45) is 0 Å². The van der Waals surface area contributed by atoms with E-state index >= 15 is 0 Å². The Bertz CT molecular complexity index is 125. The molecule has 0 N–H and O–H groups in total. The third kappa shape index (κ3) is 9.09. The zero-order chi connectivity index (χ0) is 12.2. The number of rotatable bonds is 11. The molecule has 2 atom stereocenters. The maximum Gasteiger partial charge on any atom is 0.0805 e. The fourth-order valence-electron chi connectivity index (χ4n) is 1.22. The van der Waals surface area contributed by atoms with Crippen molar-refractivity contribution in [3.63, 3.8) is 0 Å². The summed E-state index contributed by atoms with van der Waals surface area (Å²) in [6, 6.07) is 0. The van der Waals surface area contributed by atoms with Crippen LogP contribution in [0.5, 0.6) is 0 Å². The Labute approximate surface area is 99.2 Å². The van der Waals surface area contributed by atoms with Gasteiger partial charge in [-0.15, -0.1) is 0 Å². The van der Waals surface area contributed by atoms with Crippen LogP contribution < -0.4 is 0 Å². The van der Waals surface area contributed by atoms with Gasteiger partial charge in [-0.25, -0.2) is 0 Å². The normalized spacial score (nSPS) is 15.0. The zero-order valence-electron chi connectivity index (χ0n) is 11.0. The zero-order valence-corrected chi connectivity index (χ0v) is 11.0. The maximum atomic E-state index is 5.63. The Morgan fingerprint density at radius 2 is 1.06 bits per heavy atom. The number of ether oxygens (including phenoxy) is 4. The van der Waals surface area contributed by atoms with Crippen LogP contribution in [0, 0.1) is 0 Å². The van der Waals surface area contributed by atoms with Crippen molar-refractivity contribution in [1.82, 2.24) is 0 Å². The third-order valence-electron chi connectivity index (χ3n) is 2.41. The second kappa shape index (κ2) is 11.3. The molecule has 0 fully saturated rings. The molecule has 16 heavy (non-hydrogen) atoms. The molecule has 0 amide bonds. The Kier molecular flexibility index (Phi) is 11.2. The molecule has 0 aromatic heterocycles. The van der Waals surface area contributed by atoms with Crippen LogP contribution in [0.25, 0.3) is 0 Å². The first-order valence-corrected chi connectivity index (χ1v) is 5.93. The predicted octanol–water partition coefficient (Wildman–Crippen LogP) is 1.87. The van der Waals surface area contributed by atoms with Crippen LogP contribution in [0.1, 0.15) is 26.7 Å². The van der Waals surface area contributed by atoms with E-state index in [0.29, 0.717) is 0 Å². The Hall–Kier alpha value is -0.160. The average molecular weight is 234 g/mol. The van der Waals surface area contributed by atoms with E-state index in [1.807, 2.05) is 13.8 Å². The highest BCUT2D eigenvalue weighted by molar-refractivity contribution is 4.60. The van der Waals surface area contributed by atoms with Gasteiger partial charge in [-0.1, -0.05) is 0 Å². The predicted molar refractivity (Wildman–Crippen MR) is 63.8 cm³/mol. The lowest BCUT2D eigenvalue weighted by molar-refractivity contribution is -0.0619. The Balaban J connectivity index is 3.38. The van der Waals surface area contributed by atoms with Crippen LogP contribution in [0.4, 0.5) is 0 Å². The summed E-state index contributed by atoms with van der Waals surface area (Å²) < 4.78 is 21.2. The maximum absolute atomic E-state index is 5.63. The van der Waals surface area contributed by atoms with Gasteiger partial charge in [0.2, 0.25) is 0 Å². The lowest BCUT2D eigenvalue weighted by Gasteiger charge is -2.21. The molecule has 0 aromatic rings. The highest BCUT2D eigenvalue weighted by atomic mass is 16.5. The molecule has 0 aliphatic heterocycles. The van der Waals surface area contributed by atoms with Crippen LogP contribution in [0.3, 0.4) is 0 Å². The van der Waals surface area contributed by atoms with Gasteiger partial charge in [-0.2, -0.15) is 0 Å². The Morgan fingerprint density at radius 3 is 1.38 bits per heavy atom. The molecule has 98 valence electrons. The first-order valence-electron chi connectivity index (χ1n) is 5.93. The number of hydrogen-bond donors (Lipinski definition) is 0. The van der Waals surface area contributed by atoms with E-state index in [1.165, 1.54) is 0 Å². The summed E-state index contributed by atoms with van der Waals surface area (Å²) in [7, 11) is 3.40. The molecule has 0 aromatic carbocycles. The Morgan fingerprint density at radius 1 is 0.688 bits per heavy atom. The van der Waals surface area contributed by atoms with Crippen molar-refractivity contribution in [1.29, 1.82) is 0 Å². The molecule has 0 saturated heterocycles. The summed E-state index contributed by atoms with van der Waals surface area (Å²) in [6.07, 6.45) is 2.10. The van der Waals surface area contributed by atoms with E-state index in [1.54, 1.807) is 14.2 Å². The summed E-state index contributed by atoms with van der Waals surface area (Å²) in [6.45, 7) is 7.01. The van der Waals surface area contributed by atoms with Gasteiger partial charge in [0.1, 0.15) is 0 Å². The van der Waals surface area contributed by atoms with Crippen LogP contribution in [0.15, 0.2) is 0 Å². The van der Waals surface area contributed by atoms with E-state index in [4.69, 9.17) is 18.9 Å². The fraction of sp³-hybridized carbons (Fsp3) is 1.00. The number of methoxy groups -OCH3 is 2. The van der Waals surface area contributed by atoms with Crippen molar-refractivity contribution < 1.29 is 18.9 Å². The van der Waals surface area contributed by atoms with Crippen molar-refractivity contribution in [2.75, 3.05) is 40.6 Å². The minimum absolute atomic E-state index is 0.124.